The molecular formula is C12H14N2O4. The standard InChI is InChI=1S/C12H14N2O4/c1-2-8(15)7-13-12(16)9-6-11(18-14-9)10-4-3-5-17-10/h3-6,8,15H,2,7H2,1H3,(H,13,16). The molecule has 1 atom stereocenters. The van der Waals surface area contributed by atoms with Crippen molar-refractivity contribution in [1.29, 1.82) is 0 Å². The van der Waals surface area contributed by atoms with Gasteiger partial charge in [0.1, 0.15) is 0 Å². The minimum atomic E-state index is -0.551. The molecule has 0 saturated carbocycles. The van der Waals surface area contributed by atoms with Crippen LogP contribution in [0.2, 0.25) is 0 Å². The van der Waals surface area contributed by atoms with E-state index in [0.717, 1.165) is 0 Å². The van der Waals surface area contributed by atoms with E-state index in [0.29, 0.717) is 17.9 Å². The van der Waals surface area contributed by atoms with Gasteiger partial charge in [0.15, 0.2) is 11.5 Å². The first-order valence-electron chi connectivity index (χ1n) is 5.67. The fourth-order valence-electron chi connectivity index (χ4n) is 1.36. The zero-order chi connectivity index (χ0) is 13.0. The number of furan rings is 1. The van der Waals surface area contributed by atoms with Crippen molar-refractivity contribution in [3.8, 4) is 11.5 Å². The summed E-state index contributed by atoms with van der Waals surface area (Å²) in [6.45, 7) is 2.03. The number of hydrogen-bond donors (Lipinski definition) is 2. The molecule has 0 aromatic carbocycles. The number of hydrogen-bond acceptors (Lipinski definition) is 5. The average Bonchev–Trinajstić information content (AvgIpc) is 3.04. The van der Waals surface area contributed by atoms with Crippen LogP contribution in [-0.2, 0) is 0 Å². The second kappa shape index (κ2) is 5.50. The van der Waals surface area contributed by atoms with E-state index >= 15 is 0 Å². The minimum Gasteiger partial charge on any atom is -0.461 e. The van der Waals surface area contributed by atoms with E-state index in [1.54, 1.807) is 12.1 Å². The summed E-state index contributed by atoms with van der Waals surface area (Å²) in [5.41, 5.74) is 0.157. The summed E-state index contributed by atoms with van der Waals surface area (Å²) in [4.78, 5) is 11.7. The third-order valence-corrected chi connectivity index (χ3v) is 2.48. The fourth-order valence-corrected chi connectivity index (χ4v) is 1.36. The van der Waals surface area contributed by atoms with Gasteiger partial charge in [0.2, 0.25) is 5.76 Å². The Kier molecular flexibility index (Phi) is 3.78. The van der Waals surface area contributed by atoms with Crippen molar-refractivity contribution in [2.75, 3.05) is 6.54 Å². The highest BCUT2D eigenvalue weighted by molar-refractivity contribution is 5.92. The van der Waals surface area contributed by atoms with Crippen molar-refractivity contribution in [2.24, 2.45) is 0 Å². The maximum Gasteiger partial charge on any atom is 0.273 e. The molecule has 2 heterocycles. The molecule has 6 heteroatoms. The first-order chi connectivity index (χ1) is 8.70. The number of aliphatic hydroxyl groups is 1. The first kappa shape index (κ1) is 12.4. The van der Waals surface area contributed by atoms with Gasteiger partial charge in [0.05, 0.1) is 12.4 Å². The molecule has 2 aromatic heterocycles. The molecule has 0 aliphatic rings. The molecule has 0 fully saturated rings. The van der Waals surface area contributed by atoms with E-state index in [9.17, 15) is 9.90 Å². The molecule has 0 bridgehead atoms. The molecule has 2 N–H and O–H groups in total. The summed E-state index contributed by atoms with van der Waals surface area (Å²) in [6.07, 6.45) is 1.54. The highest BCUT2D eigenvalue weighted by Gasteiger charge is 2.15. The highest BCUT2D eigenvalue weighted by Crippen LogP contribution is 2.20. The fraction of sp³-hybridized carbons (Fsp3) is 0.333. The lowest BCUT2D eigenvalue weighted by molar-refractivity contribution is 0.0905. The summed E-state index contributed by atoms with van der Waals surface area (Å²) >= 11 is 0. The lowest BCUT2D eigenvalue weighted by atomic mass is 10.2. The van der Waals surface area contributed by atoms with Crippen LogP contribution in [0, 0.1) is 0 Å². The number of nitrogens with zero attached hydrogens (tertiary/aromatic N) is 1. The van der Waals surface area contributed by atoms with E-state index in [1.807, 2.05) is 6.92 Å². The summed E-state index contributed by atoms with van der Waals surface area (Å²) < 4.78 is 10.1. The Hall–Kier alpha value is -2.08. The quantitative estimate of drug-likeness (QED) is 0.838. The van der Waals surface area contributed by atoms with Crippen LogP contribution >= 0.6 is 0 Å². The zero-order valence-corrected chi connectivity index (χ0v) is 9.92. The predicted octanol–water partition coefficient (Wildman–Crippen LogP) is 1.44. The van der Waals surface area contributed by atoms with Crippen molar-refractivity contribution in [1.82, 2.24) is 10.5 Å². The smallest absolute Gasteiger partial charge is 0.273 e. The van der Waals surface area contributed by atoms with Gasteiger partial charge in [-0.3, -0.25) is 4.79 Å². The van der Waals surface area contributed by atoms with E-state index in [1.165, 1.54) is 12.3 Å². The van der Waals surface area contributed by atoms with E-state index in [2.05, 4.69) is 10.5 Å². The molecule has 0 aliphatic heterocycles. The molecule has 96 valence electrons. The SMILES string of the molecule is CCC(O)CNC(=O)c1cc(-c2ccco2)on1. The van der Waals surface area contributed by atoms with Crippen LogP contribution in [0.25, 0.3) is 11.5 Å². The summed E-state index contributed by atoms with van der Waals surface area (Å²) in [7, 11) is 0. The number of nitrogens with one attached hydrogen (secondary N) is 1. The minimum absolute atomic E-state index is 0.157. The molecule has 0 spiro atoms. The maximum atomic E-state index is 11.7. The number of carbonyl (C=O) groups is 1. The van der Waals surface area contributed by atoms with Gasteiger partial charge < -0.3 is 19.4 Å². The third-order valence-electron chi connectivity index (χ3n) is 2.48. The Morgan fingerprint density at radius 1 is 1.56 bits per heavy atom. The first-order valence-corrected chi connectivity index (χ1v) is 5.67. The van der Waals surface area contributed by atoms with E-state index < -0.39 is 6.10 Å². The van der Waals surface area contributed by atoms with Crippen molar-refractivity contribution < 1.29 is 18.8 Å². The zero-order valence-electron chi connectivity index (χ0n) is 9.92. The molecular weight excluding hydrogens is 236 g/mol. The van der Waals surface area contributed by atoms with Crippen LogP contribution < -0.4 is 5.32 Å². The lowest BCUT2D eigenvalue weighted by Gasteiger charge is -2.07. The van der Waals surface area contributed by atoms with Gasteiger partial charge in [0.25, 0.3) is 5.91 Å². The Morgan fingerprint density at radius 2 is 2.39 bits per heavy atom. The predicted molar refractivity (Wildman–Crippen MR) is 62.8 cm³/mol. The maximum absolute atomic E-state index is 11.7. The van der Waals surface area contributed by atoms with Crippen LogP contribution in [0.5, 0.6) is 0 Å². The van der Waals surface area contributed by atoms with Gasteiger partial charge in [-0.05, 0) is 18.6 Å². The van der Waals surface area contributed by atoms with Crippen LogP contribution in [0.1, 0.15) is 23.8 Å². The largest absolute Gasteiger partial charge is 0.461 e. The van der Waals surface area contributed by atoms with Gasteiger partial charge in [-0.25, -0.2) is 0 Å². The van der Waals surface area contributed by atoms with Gasteiger partial charge in [-0.1, -0.05) is 12.1 Å². The Balaban J connectivity index is 1.99. The molecule has 1 unspecified atom stereocenters. The van der Waals surface area contributed by atoms with Crippen molar-refractivity contribution in [3.63, 3.8) is 0 Å². The summed E-state index contributed by atoms with van der Waals surface area (Å²) in [5, 5.41) is 15.5. The molecule has 18 heavy (non-hydrogen) atoms. The van der Waals surface area contributed by atoms with Crippen LogP contribution in [-0.4, -0.2) is 28.8 Å². The number of carbonyl (C=O) groups excluding carboxylic acids is 1. The van der Waals surface area contributed by atoms with Crippen LogP contribution in [0.3, 0.4) is 0 Å². The molecule has 1 amide bonds. The molecule has 0 radical (unpaired) electrons. The second-order valence-corrected chi connectivity index (χ2v) is 3.83. The summed E-state index contributed by atoms with van der Waals surface area (Å²) in [5.74, 6) is 0.514. The van der Waals surface area contributed by atoms with Crippen molar-refractivity contribution >= 4 is 5.91 Å². The monoisotopic (exact) mass is 250 g/mol. The molecule has 0 aliphatic carbocycles. The lowest BCUT2D eigenvalue weighted by Crippen LogP contribution is -2.31. The topological polar surface area (TPSA) is 88.5 Å². The molecule has 2 rings (SSSR count). The highest BCUT2D eigenvalue weighted by atomic mass is 16.5. The number of aliphatic hydroxyl groups excluding tert-OH is 1. The van der Waals surface area contributed by atoms with Crippen LogP contribution in [0.4, 0.5) is 0 Å². The van der Waals surface area contributed by atoms with Gasteiger partial charge in [-0.2, -0.15) is 0 Å². The molecule has 2 aromatic rings. The number of amides is 1. The second-order valence-electron chi connectivity index (χ2n) is 3.83. The number of rotatable bonds is 5. The normalized spacial score (nSPS) is 12.3. The Bertz CT molecular complexity index is 504. The van der Waals surface area contributed by atoms with E-state index in [-0.39, 0.29) is 18.1 Å². The average molecular weight is 250 g/mol. The molecule has 0 saturated heterocycles. The van der Waals surface area contributed by atoms with Gasteiger partial charge >= 0.3 is 0 Å². The number of aromatic nitrogens is 1. The third kappa shape index (κ3) is 2.78. The van der Waals surface area contributed by atoms with Crippen LogP contribution in [0.15, 0.2) is 33.4 Å². The van der Waals surface area contributed by atoms with Gasteiger partial charge in [0, 0.05) is 12.6 Å². The van der Waals surface area contributed by atoms with Crippen molar-refractivity contribution in [3.05, 3.63) is 30.2 Å². The molecule has 6 nitrogen and oxygen atoms in total. The van der Waals surface area contributed by atoms with Crippen molar-refractivity contribution in [2.45, 2.75) is 19.4 Å². The Labute approximate surface area is 104 Å². The van der Waals surface area contributed by atoms with E-state index in [4.69, 9.17) is 8.94 Å². The Morgan fingerprint density at radius 3 is 3.06 bits per heavy atom. The summed E-state index contributed by atoms with van der Waals surface area (Å²) in [6, 6.07) is 4.92. The van der Waals surface area contributed by atoms with Gasteiger partial charge in [-0.15, -0.1) is 0 Å².